The molecule has 0 saturated heterocycles. The van der Waals surface area contributed by atoms with E-state index in [1.165, 1.54) is 6.34 Å². The van der Waals surface area contributed by atoms with Crippen LogP contribution >= 0.6 is 11.6 Å². The van der Waals surface area contributed by atoms with Crippen molar-refractivity contribution in [2.45, 2.75) is 19.9 Å². The summed E-state index contributed by atoms with van der Waals surface area (Å²) < 4.78 is 0. The Labute approximate surface area is 116 Å². The van der Waals surface area contributed by atoms with Crippen LogP contribution in [0.5, 0.6) is 0 Å². The number of carbonyl (C=O) groups is 1. The van der Waals surface area contributed by atoms with Crippen LogP contribution in [0.25, 0.3) is 0 Å². The van der Waals surface area contributed by atoms with Crippen LogP contribution in [-0.4, -0.2) is 29.6 Å². The summed E-state index contributed by atoms with van der Waals surface area (Å²) >= 11 is 5.91. The molecule has 102 valence electrons. The van der Waals surface area contributed by atoms with E-state index in [-0.39, 0.29) is 12.4 Å². The highest BCUT2D eigenvalue weighted by Crippen LogP contribution is 2.11. The zero-order chi connectivity index (χ0) is 14.1. The second-order valence-electron chi connectivity index (χ2n) is 3.65. The smallest absolute Gasteiger partial charge is 0.286 e. The maximum Gasteiger partial charge on any atom is 0.286 e. The molecular weight excluding hydrogens is 266 g/mol. The van der Waals surface area contributed by atoms with Crippen LogP contribution in [0.1, 0.15) is 19.0 Å². The number of rotatable bonds is 5. The molecular formula is C12H16ClN5O. The van der Waals surface area contributed by atoms with Gasteiger partial charge in [0.15, 0.2) is 5.84 Å². The summed E-state index contributed by atoms with van der Waals surface area (Å²) in [5.41, 5.74) is 6.07. The lowest BCUT2D eigenvalue weighted by Gasteiger charge is -2.04. The van der Waals surface area contributed by atoms with E-state index in [1.54, 1.807) is 18.3 Å². The van der Waals surface area contributed by atoms with Crippen LogP contribution < -0.4 is 11.1 Å². The zero-order valence-corrected chi connectivity index (χ0v) is 11.4. The predicted octanol–water partition coefficient (Wildman–Crippen LogP) is 1.15. The first-order valence-corrected chi connectivity index (χ1v) is 6.22. The van der Waals surface area contributed by atoms with Gasteiger partial charge in [-0.2, -0.15) is 0 Å². The van der Waals surface area contributed by atoms with E-state index in [4.69, 9.17) is 17.3 Å². The normalized spacial score (nSPS) is 11.8. The van der Waals surface area contributed by atoms with E-state index in [0.717, 1.165) is 6.42 Å². The third-order valence-electron chi connectivity index (χ3n) is 2.11. The van der Waals surface area contributed by atoms with Crippen LogP contribution in [0.4, 0.5) is 0 Å². The summed E-state index contributed by atoms with van der Waals surface area (Å²) in [7, 11) is 0. The van der Waals surface area contributed by atoms with Crippen LogP contribution in [0.15, 0.2) is 28.3 Å². The number of hydrogen-bond acceptors (Lipinski definition) is 3. The van der Waals surface area contributed by atoms with Gasteiger partial charge in [-0.3, -0.25) is 14.8 Å². The summed E-state index contributed by atoms with van der Waals surface area (Å²) in [4.78, 5) is 23.3. The molecule has 0 aromatic carbocycles. The van der Waals surface area contributed by atoms with Gasteiger partial charge in [0.05, 0.1) is 17.3 Å². The number of hydrogen-bond donors (Lipinski definition) is 2. The lowest BCUT2D eigenvalue weighted by atomic mass is 10.3. The second kappa shape index (κ2) is 8.20. The Hall–Kier alpha value is -1.95. The van der Waals surface area contributed by atoms with Gasteiger partial charge in [0.1, 0.15) is 6.34 Å². The summed E-state index contributed by atoms with van der Waals surface area (Å²) in [6.45, 7) is 2.84. The number of pyridine rings is 1. The van der Waals surface area contributed by atoms with Crippen LogP contribution in [0.2, 0.25) is 5.02 Å². The molecule has 1 aromatic rings. The van der Waals surface area contributed by atoms with Gasteiger partial charge in [0, 0.05) is 12.7 Å². The topological polar surface area (TPSA) is 92.7 Å². The Bertz CT molecular complexity index is 487. The van der Waals surface area contributed by atoms with Gasteiger partial charge < -0.3 is 11.1 Å². The number of halogens is 1. The molecule has 19 heavy (non-hydrogen) atoms. The van der Waals surface area contributed by atoms with Crippen molar-refractivity contribution in [1.29, 1.82) is 0 Å². The lowest BCUT2D eigenvalue weighted by molar-refractivity contribution is -0.115. The minimum atomic E-state index is -0.482. The molecule has 6 nitrogen and oxygen atoms in total. The van der Waals surface area contributed by atoms with E-state index in [2.05, 4.69) is 20.3 Å². The molecule has 3 N–H and O–H groups in total. The van der Waals surface area contributed by atoms with Gasteiger partial charge in [0.2, 0.25) is 0 Å². The zero-order valence-electron chi connectivity index (χ0n) is 10.6. The molecule has 0 aliphatic rings. The Kier molecular flexibility index (Phi) is 6.52. The van der Waals surface area contributed by atoms with Crippen molar-refractivity contribution in [2.75, 3.05) is 6.54 Å². The van der Waals surface area contributed by atoms with Crippen LogP contribution in [0.3, 0.4) is 0 Å². The average molecular weight is 282 g/mol. The number of amides is 1. The molecule has 1 rings (SSSR count). The van der Waals surface area contributed by atoms with Crippen molar-refractivity contribution in [1.82, 2.24) is 10.3 Å². The van der Waals surface area contributed by atoms with Gasteiger partial charge in [-0.1, -0.05) is 18.5 Å². The maximum atomic E-state index is 11.6. The first kappa shape index (κ1) is 15.1. The van der Waals surface area contributed by atoms with Crippen LogP contribution in [-0.2, 0) is 11.3 Å². The monoisotopic (exact) mass is 281 g/mol. The number of aromatic nitrogens is 1. The van der Waals surface area contributed by atoms with Crippen molar-refractivity contribution in [3.05, 3.63) is 29.0 Å². The van der Waals surface area contributed by atoms with E-state index in [1.807, 2.05) is 6.92 Å². The third kappa shape index (κ3) is 5.48. The summed E-state index contributed by atoms with van der Waals surface area (Å²) in [5.74, 6) is -0.628. The molecule has 0 atom stereocenters. The minimum absolute atomic E-state index is 0.146. The first-order valence-electron chi connectivity index (χ1n) is 5.84. The molecule has 0 unspecified atom stereocenters. The fourth-order valence-electron chi connectivity index (χ4n) is 1.15. The quantitative estimate of drug-likeness (QED) is 0.626. The average Bonchev–Trinajstić information content (AvgIpc) is 2.42. The molecule has 0 aliphatic carbocycles. The maximum absolute atomic E-state index is 11.6. The van der Waals surface area contributed by atoms with E-state index in [9.17, 15) is 4.79 Å². The molecule has 0 fully saturated rings. The highest BCUT2D eigenvalue weighted by Gasteiger charge is 2.07. The number of nitrogens with one attached hydrogen (secondary N) is 1. The first-order chi connectivity index (χ1) is 9.15. The molecule has 0 bridgehead atoms. The van der Waals surface area contributed by atoms with Crippen molar-refractivity contribution >= 4 is 29.7 Å². The van der Waals surface area contributed by atoms with Gasteiger partial charge in [-0.15, -0.1) is 0 Å². The Morgan fingerprint density at radius 2 is 2.42 bits per heavy atom. The Balaban J connectivity index is 2.49. The molecule has 0 saturated carbocycles. The second-order valence-corrected chi connectivity index (χ2v) is 4.06. The van der Waals surface area contributed by atoms with Gasteiger partial charge in [-0.05, 0) is 18.6 Å². The molecule has 0 aliphatic heterocycles. The Morgan fingerprint density at radius 3 is 3.11 bits per heavy atom. The number of carbonyl (C=O) groups excluding carboxylic acids is 1. The van der Waals surface area contributed by atoms with E-state index in [0.29, 0.717) is 17.3 Å². The van der Waals surface area contributed by atoms with E-state index < -0.39 is 5.91 Å². The fourth-order valence-corrected chi connectivity index (χ4v) is 1.34. The van der Waals surface area contributed by atoms with Crippen molar-refractivity contribution in [3.63, 3.8) is 0 Å². The Morgan fingerprint density at radius 1 is 1.63 bits per heavy atom. The van der Waals surface area contributed by atoms with Crippen LogP contribution in [0, 0.1) is 0 Å². The summed E-state index contributed by atoms with van der Waals surface area (Å²) in [6, 6.07) is 3.42. The van der Waals surface area contributed by atoms with Crippen molar-refractivity contribution in [3.8, 4) is 0 Å². The van der Waals surface area contributed by atoms with E-state index >= 15 is 0 Å². The number of nitrogens with zero attached hydrogens (tertiary/aromatic N) is 3. The summed E-state index contributed by atoms with van der Waals surface area (Å²) in [5, 5.41) is 3.07. The molecule has 1 heterocycles. The predicted molar refractivity (Wildman–Crippen MR) is 76.4 cm³/mol. The highest BCUT2D eigenvalue weighted by atomic mass is 35.5. The fraction of sp³-hybridized carbons (Fsp3) is 0.333. The molecule has 7 heteroatoms. The standard InChI is InChI=1S/C12H16ClN5O/c1-2-5-15-8-18-11(14)12(19)17-7-10-9(13)4-3-6-16-10/h3-4,6,8H,2,5,7H2,1H3,(H,17,19)(H2,14,15,18). The third-order valence-corrected chi connectivity index (χ3v) is 2.46. The number of aliphatic imine (C=N–C) groups is 2. The molecule has 0 spiro atoms. The largest absolute Gasteiger partial charge is 0.379 e. The number of amidine groups is 1. The minimum Gasteiger partial charge on any atom is -0.379 e. The molecule has 0 radical (unpaired) electrons. The van der Waals surface area contributed by atoms with Crippen molar-refractivity contribution in [2.24, 2.45) is 15.7 Å². The lowest BCUT2D eigenvalue weighted by Crippen LogP contribution is -2.36. The van der Waals surface area contributed by atoms with Gasteiger partial charge >= 0.3 is 0 Å². The SMILES string of the molecule is CCCN=CN=C(N)C(=O)NCc1ncccc1Cl. The van der Waals surface area contributed by atoms with Gasteiger partial charge in [0.25, 0.3) is 5.91 Å². The molecule has 1 aromatic heterocycles. The van der Waals surface area contributed by atoms with Gasteiger partial charge in [-0.25, -0.2) is 4.99 Å². The van der Waals surface area contributed by atoms with Crippen molar-refractivity contribution < 1.29 is 4.79 Å². The number of nitrogens with two attached hydrogens (primary N) is 1. The highest BCUT2D eigenvalue weighted by molar-refractivity contribution is 6.38. The summed E-state index contributed by atoms with van der Waals surface area (Å²) in [6.07, 6.45) is 3.80. The molecule has 1 amide bonds.